The van der Waals surface area contributed by atoms with Crippen molar-refractivity contribution in [3.63, 3.8) is 0 Å². The smallest absolute Gasteiger partial charge is 0.146 e. The normalized spacial score (nSPS) is 20.5. The van der Waals surface area contributed by atoms with E-state index in [1.807, 2.05) is 11.8 Å². The molecule has 2 N–H and O–H groups in total. The zero-order valence-corrected chi connectivity index (χ0v) is 10.00. The van der Waals surface area contributed by atoms with E-state index < -0.39 is 0 Å². The molecule has 0 aromatic carbocycles. The topological polar surface area (TPSA) is 65.9 Å². The Morgan fingerprint density at radius 2 is 2.50 bits per heavy atom. The minimum atomic E-state index is 0.541. The van der Waals surface area contributed by atoms with Crippen LogP contribution in [0.25, 0.3) is 0 Å². The van der Waals surface area contributed by atoms with Crippen molar-refractivity contribution in [3.8, 4) is 6.07 Å². The minimum absolute atomic E-state index is 0.541. The number of pyridine rings is 1. The maximum Gasteiger partial charge on any atom is 0.146 e. The summed E-state index contributed by atoms with van der Waals surface area (Å²) in [6.45, 7) is 4.08. The van der Waals surface area contributed by atoms with Gasteiger partial charge in [0.1, 0.15) is 11.9 Å². The van der Waals surface area contributed by atoms with E-state index in [1.54, 1.807) is 12.3 Å². The molecule has 0 radical (unpaired) electrons. The van der Waals surface area contributed by atoms with Crippen molar-refractivity contribution in [3.05, 3.63) is 17.8 Å². The zero-order valence-electron chi connectivity index (χ0n) is 9.18. The van der Waals surface area contributed by atoms with Gasteiger partial charge in [-0.05, 0) is 6.07 Å². The van der Waals surface area contributed by atoms with Crippen LogP contribution in [0.2, 0.25) is 0 Å². The molecule has 0 spiro atoms. The van der Waals surface area contributed by atoms with E-state index in [-0.39, 0.29) is 0 Å². The van der Waals surface area contributed by atoms with Crippen molar-refractivity contribution in [1.29, 1.82) is 5.26 Å². The lowest BCUT2D eigenvalue weighted by molar-refractivity contribution is 0.769. The number of thioether (sulfide) groups is 1. The molecule has 0 saturated carbocycles. The molecule has 1 saturated heterocycles. The Balaban J connectivity index is 2.29. The van der Waals surface area contributed by atoms with Crippen molar-refractivity contribution >= 4 is 23.3 Å². The van der Waals surface area contributed by atoms with Crippen LogP contribution in [0.15, 0.2) is 12.3 Å². The molecule has 1 aromatic heterocycles. The van der Waals surface area contributed by atoms with Gasteiger partial charge in [-0.25, -0.2) is 4.98 Å². The maximum absolute atomic E-state index is 9.06. The summed E-state index contributed by atoms with van der Waals surface area (Å²) in [4.78, 5) is 6.44. The first-order chi connectivity index (χ1) is 7.70. The van der Waals surface area contributed by atoms with E-state index in [1.165, 1.54) is 0 Å². The molecule has 1 aliphatic rings. The average molecular weight is 234 g/mol. The largest absolute Gasteiger partial charge is 0.397 e. The summed E-state index contributed by atoms with van der Waals surface area (Å²) >= 11 is 1.96. The highest BCUT2D eigenvalue weighted by molar-refractivity contribution is 8.00. The van der Waals surface area contributed by atoms with E-state index in [4.69, 9.17) is 11.0 Å². The van der Waals surface area contributed by atoms with E-state index in [2.05, 4.69) is 22.9 Å². The lowest BCUT2D eigenvalue weighted by Gasteiger charge is -2.31. The van der Waals surface area contributed by atoms with E-state index in [0.29, 0.717) is 16.5 Å². The number of nitrogen functional groups attached to an aromatic ring is 1. The first kappa shape index (κ1) is 11.1. The highest BCUT2D eigenvalue weighted by atomic mass is 32.2. The number of nitriles is 1. The van der Waals surface area contributed by atoms with Gasteiger partial charge in [0.05, 0.1) is 17.4 Å². The van der Waals surface area contributed by atoms with Gasteiger partial charge in [0.25, 0.3) is 0 Å². The van der Waals surface area contributed by atoms with Gasteiger partial charge in [-0.2, -0.15) is 17.0 Å². The van der Waals surface area contributed by atoms with Crippen LogP contribution in [-0.4, -0.2) is 29.1 Å². The van der Waals surface area contributed by atoms with E-state index in [9.17, 15) is 0 Å². The Kier molecular flexibility index (Phi) is 3.20. The lowest BCUT2D eigenvalue weighted by Crippen LogP contribution is -2.37. The van der Waals surface area contributed by atoms with Crippen molar-refractivity contribution in [2.45, 2.75) is 12.2 Å². The van der Waals surface area contributed by atoms with Crippen LogP contribution >= 0.6 is 11.8 Å². The first-order valence-corrected chi connectivity index (χ1v) is 6.27. The molecule has 5 heteroatoms. The quantitative estimate of drug-likeness (QED) is 0.797. The standard InChI is InChI=1S/C11H14N4S/c1-8-7-15(2-3-16-8)11-9(5-12)4-10(13)6-14-11/h4,6,8H,2-3,7,13H2,1H3. The summed E-state index contributed by atoms with van der Waals surface area (Å²) in [5.41, 5.74) is 6.73. The van der Waals surface area contributed by atoms with Crippen LogP contribution in [0.4, 0.5) is 11.5 Å². The summed E-state index contributed by atoms with van der Waals surface area (Å²) in [5, 5.41) is 9.64. The maximum atomic E-state index is 9.06. The summed E-state index contributed by atoms with van der Waals surface area (Å²) in [5.74, 6) is 1.85. The lowest BCUT2D eigenvalue weighted by atomic mass is 10.2. The van der Waals surface area contributed by atoms with Crippen LogP contribution < -0.4 is 10.6 Å². The molecule has 4 nitrogen and oxygen atoms in total. The second kappa shape index (κ2) is 4.62. The summed E-state index contributed by atoms with van der Waals surface area (Å²) in [6, 6.07) is 3.85. The van der Waals surface area contributed by atoms with Gasteiger partial charge in [-0.15, -0.1) is 0 Å². The Hall–Kier alpha value is -1.41. The average Bonchev–Trinajstić information content (AvgIpc) is 2.28. The molecule has 2 heterocycles. The third-order valence-corrected chi connectivity index (χ3v) is 3.69. The zero-order chi connectivity index (χ0) is 11.5. The predicted octanol–water partition coefficient (Wildman–Crippen LogP) is 1.48. The van der Waals surface area contributed by atoms with Gasteiger partial charge in [-0.1, -0.05) is 6.92 Å². The third-order valence-electron chi connectivity index (χ3n) is 2.55. The van der Waals surface area contributed by atoms with Crippen LogP contribution in [0.1, 0.15) is 12.5 Å². The minimum Gasteiger partial charge on any atom is -0.397 e. The summed E-state index contributed by atoms with van der Waals surface area (Å²) in [6.07, 6.45) is 1.61. The molecular formula is C11H14N4S. The van der Waals surface area contributed by atoms with Gasteiger partial charge >= 0.3 is 0 Å². The van der Waals surface area contributed by atoms with Crippen LogP contribution in [0.3, 0.4) is 0 Å². The number of nitrogens with two attached hydrogens (primary N) is 1. The second-order valence-corrected chi connectivity index (χ2v) is 5.43. The number of anilines is 2. The van der Waals surface area contributed by atoms with Gasteiger partial charge in [0, 0.05) is 24.1 Å². The molecule has 0 amide bonds. The van der Waals surface area contributed by atoms with Crippen molar-refractivity contribution in [1.82, 2.24) is 4.98 Å². The Bertz CT molecular complexity index is 426. The monoisotopic (exact) mass is 234 g/mol. The molecule has 1 aromatic rings. The first-order valence-electron chi connectivity index (χ1n) is 5.23. The van der Waals surface area contributed by atoms with Crippen molar-refractivity contribution in [2.75, 3.05) is 29.5 Å². The van der Waals surface area contributed by atoms with E-state index >= 15 is 0 Å². The highest BCUT2D eigenvalue weighted by Gasteiger charge is 2.20. The number of aromatic nitrogens is 1. The molecule has 84 valence electrons. The molecule has 0 aliphatic carbocycles. The van der Waals surface area contributed by atoms with Gasteiger partial charge < -0.3 is 10.6 Å². The summed E-state index contributed by atoms with van der Waals surface area (Å²) in [7, 11) is 0. The fraction of sp³-hybridized carbons (Fsp3) is 0.455. The molecular weight excluding hydrogens is 220 g/mol. The second-order valence-electron chi connectivity index (χ2n) is 3.88. The van der Waals surface area contributed by atoms with Crippen molar-refractivity contribution in [2.24, 2.45) is 0 Å². The van der Waals surface area contributed by atoms with Gasteiger partial charge in [0.2, 0.25) is 0 Å². The molecule has 1 aliphatic heterocycles. The number of hydrogen-bond donors (Lipinski definition) is 1. The molecule has 2 rings (SSSR count). The predicted molar refractivity (Wildman–Crippen MR) is 67.5 cm³/mol. The number of nitrogens with zero attached hydrogens (tertiary/aromatic N) is 3. The number of hydrogen-bond acceptors (Lipinski definition) is 5. The molecule has 1 fully saturated rings. The van der Waals surface area contributed by atoms with Crippen LogP contribution in [-0.2, 0) is 0 Å². The van der Waals surface area contributed by atoms with Crippen LogP contribution in [0.5, 0.6) is 0 Å². The fourth-order valence-corrected chi connectivity index (χ4v) is 2.83. The fourth-order valence-electron chi connectivity index (χ4n) is 1.82. The third kappa shape index (κ3) is 2.22. The Labute approximate surface area is 99.5 Å². The Morgan fingerprint density at radius 1 is 1.69 bits per heavy atom. The molecule has 1 atom stereocenters. The Morgan fingerprint density at radius 3 is 3.19 bits per heavy atom. The number of rotatable bonds is 1. The van der Waals surface area contributed by atoms with E-state index in [0.717, 1.165) is 24.7 Å². The SMILES string of the molecule is CC1CN(c2ncc(N)cc2C#N)CCS1. The van der Waals surface area contributed by atoms with Crippen molar-refractivity contribution < 1.29 is 0 Å². The summed E-state index contributed by atoms with van der Waals surface area (Å²) < 4.78 is 0. The van der Waals surface area contributed by atoms with Gasteiger partial charge in [0.15, 0.2) is 0 Å². The molecule has 0 bridgehead atoms. The molecule has 1 unspecified atom stereocenters. The van der Waals surface area contributed by atoms with Crippen LogP contribution in [0, 0.1) is 11.3 Å². The van der Waals surface area contributed by atoms with Gasteiger partial charge in [-0.3, -0.25) is 0 Å². The molecule has 16 heavy (non-hydrogen) atoms. The highest BCUT2D eigenvalue weighted by Crippen LogP contribution is 2.25.